The number of aromatic nitrogens is 1. The molecule has 0 saturated heterocycles. The number of amides is 3. The molecule has 1 atom stereocenters. The molecule has 1 spiro atoms. The van der Waals surface area contributed by atoms with Crippen LogP contribution in [0.4, 0.5) is 17.2 Å². The number of nitrogens with one attached hydrogen (secondary N) is 3. The Kier molecular flexibility index (Phi) is 4.62. The van der Waals surface area contributed by atoms with E-state index in [4.69, 9.17) is 4.74 Å². The van der Waals surface area contributed by atoms with Gasteiger partial charge in [0.05, 0.1) is 5.41 Å². The summed E-state index contributed by atoms with van der Waals surface area (Å²) in [6.07, 6.45) is 3.83. The van der Waals surface area contributed by atoms with Gasteiger partial charge in [-0.1, -0.05) is 18.2 Å². The zero-order valence-corrected chi connectivity index (χ0v) is 18.3. The van der Waals surface area contributed by atoms with E-state index in [1.165, 1.54) is 0 Å². The van der Waals surface area contributed by atoms with Gasteiger partial charge in [0, 0.05) is 35.1 Å². The fourth-order valence-electron chi connectivity index (χ4n) is 5.21. The Labute approximate surface area is 195 Å². The van der Waals surface area contributed by atoms with Gasteiger partial charge in [0.15, 0.2) is 6.61 Å². The monoisotopic (exact) mass is 454 g/mol. The summed E-state index contributed by atoms with van der Waals surface area (Å²) in [6.45, 7) is -0.146. The number of benzene rings is 2. The lowest BCUT2D eigenvalue weighted by molar-refractivity contribution is -0.120. The fourth-order valence-corrected chi connectivity index (χ4v) is 5.21. The fraction of sp³-hybridized carbons (Fsp3) is 0.231. The number of carbonyl (C=O) groups is 3. The van der Waals surface area contributed by atoms with E-state index in [0.717, 1.165) is 27.9 Å². The highest BCUT2D eigenvalue weighted by atomic mass is 16.5. The molecule has 0 radical (unpaired) electrons. The van der Waals surface area contributed by atoms with E-state index >= 15 is 0 Å². The molecule has 34 heavy (non-hydrogen) atoms. The molecule has 3 aliphatic rings. The highest BCUT2D eigenvalue weighted by molar-refractivity contribution is 6.06. The topological polar surface area (TPSA) is 109 Å². The molecule has 3 heterocycles. The van der Waals surface area contributed by atoms with E-state index in [1.807, 2.05) is 36.4 Å². The maximum absolute atomic E-state index is 12.9. The Hall–Kier alpha value is -4.20. The summed E-state index contributed by atoms with van der Waals surface area (Å²) in [5, 5.41) is 8.63. The van der Waals surface area contributed by atoms with Crippen molar-refractivity contribution in [3.05, 3.63) is 77.0 Å². The molecule has 8 nitrogen and oxygen atoms in total. The summed E-state index contributed by atoms with van der Waals surface area (Å²) < 4.78 is 5.77. The molecule has 3 amide bonds. The van der Waals surface area contributed by atoms with Gasteiger partial charge in [0.25, 0.3) is 5.91 Å². The highest BCUT2D eigenvalue weighted by Gasteiger charge is 2.51. The quantitative estimate of drug-likeness (QED) is 0.562. The third kappa shape index (κ3) is 3.30. The third-order valence-electron chi connectivity index (χ3n) is 6.83. The van der Waals surface area contributed by atoms with Gasteiger partial charge in [-0.15, -0.1) is 0 Å². The van der Waals surface area contributed by atoms with Crippen molar-refractivity contribution in [2.24, 2.45) is 0 Å². The van der Waals surface area contributed by atoms with Crippen LogP contribution in [0.3, 0.4) is 0 Å². The average Bonchev–Trinajstić information content (AvgIpc) is 3.34. The number of nitrogens with zero attached hydrogens (tertiary/aromatic N) is 1. The predicted molar refractivity (Wildman–Crippen MR) is 126 cm³/mol. The minimum atomic E-state index is -0.639. The zero-order chi connectivity index (χ0) is 23.3. The molecule has 1 unspecified atom stereocenters. The lowest BCUT2D eigenvalue weighted by Crippen LogP contribution is -2.35. The summed E-state index contributed by atoms with van der Waals surface area (Å²) >= 11 is 0. The lowest BCUT2D eigenvalue weighted by atomic mass is 9.79. The first-order valence-corrected chi connectivity index (χ1v) is 11.2. The molecular weight excluding hydrogens is 432 g/mol. The van der Waals surface area contributed by atoms with E-state index in [1.54, 1.807) is 18.3 Å². The molecule has 170 valence electrons. The average molecular weight is 454 g/mol. The van der Waals surface area contributed by atoms with Gasteiger partial charge >= 0.3 is 0 Å². The maximum Gasteiger partial charge on any atom is 0.262 e. The SMILES string of the molecule is O=C(COc1cccc2c1CCC(=O)N2)Nc1ccc2c(c1)CC1(C2)C(=O)Nc2ncccc21. The Balaban J connectivity index is 1.14. The Bertz CT molecular complexity index is 1370. The highest BCUT2D eigenvalue weighted by Crippen LogP contribution is 2.46. The Morgan fingerprint density at radius 3 is 2.82 bits per heavy atom. The Morgan fingerprint density at radius 2 is 1.91 bits per heavy atom. The largest absolute Gasteiger partial charge is 0.483 e. The van der Waals surface area contributed by atoms with Crippen LogP contribution in [0.25, 0.3) is 0 Å². The molecule has 3 aromatic rings. The minimum absolute atomic E-state index is 0.0179. The van der Waals surface area contributed by atoms with Crippen LogP contribution in [0, 0.1) is 0 Å². The number of rotatable bonds is 4. The zero-order valence-electron chi connectivity index (χ0n) is 18.3. The lowest BCUT2D eigenvalue weighted by Gasteiger charge is -2.20. The van der Waals surface area contributed by atoms with Crippen LogP contribution < -0.4 is 20.7 Å². The molecular formula is C26H22N4O4. The van der Waals surface area contributed by atoms with Crippen molar-refractivity contribution in [1.29, 1.82) is 0 Å². The summed E-state index contributed by atoms with van der Waals surface area (Å²) in [5.74, 6) is 0.907. The van der Waals surface area contributed by atoms with Crippen molar-refractivity contribution in [2.45, 2.75) is 31.1 Å². The molecule has 3 N–H and O–H groups in total. The molecule has 6 rings (SSSR count). The molecule has 1 aliphatic carbocycles. The van der Waals surface area contributed by atoms with Crippen LogP contribution in [0.1, 0.15) is 28.7 Å². The van der Waals surface area contributed by atoms with Crippen molar-refractivity contribution >= 4 is 34.9 Å². The van der Waals surface area contributed by atoms with Crippen molar-refractivity contribution in [2.75, 3.05) is 22.6 Å². The molecule has 0 saturated carbocycles. The molecule has 8 heteroatoms. The van der Waals surface area contributed by atoms with Gasteiger partial charge in [0.1, 0.15) is 11.6 Å². The van der Waals surface area contributed by atoms with Crippen LogP contribution in [-0.2, 0) is 39.1 Å². The van der Waals surface area contributed by atoms with Crippen LogP contribution in [0.5, 0.6) is 5.75 Å². The van der Waals surface area contributed by atoms with Gasteiger partial charge in [-0.05, 0) is 60.7 Å². The predicted octanol–water partition coefficient (Wildman–Crippen LogP) is 2.97. The third-order valence-corrected chi connectivity index (χ3v) is 6.83. The summed E-state index contributed by atoms with van der Waals surface area (Å²) in [5.41, 5.74) is 4.72. The van der Waals surface area contributed by atoms with Crippen LogP contribution in [-0.4, -0.2) is 29.3 Å². The van der Waals surface area contributed by atoms with Crippen LogP contribution in [0.15, 0.2) is 54.7 Å². The number of carbonyl (C=O) groups excluding carboxylic acids is 3. The summed E-state index contributed by atoms with van der Waals surface area (Å²) in [7, 11) is 0. The molecule has 2 aromatic carbocycles. The van der Waals surface area contributed by atoms with Crippen molar-refractivity contribution < 1.29 is 19.1 Å². The van der Waals surface area contributed by atoms with Crippen molar-refractivity contribution in [3.63, 3.8) is 0 Å². The van der Waals surface area contributed by atoms with Crippen LogP contribution in [0.2, 0.25) is 0 Å². The van der Waals surface area contributed by atoms with Gasteiger partial charge in [-0.2, -0.15) is 0 Å². The van der Waals surface area contributed by atoms with Crippen molar-refractivity contribution in [1.82, 2.24) is 4.98 Å². The summed E-state index contributed by atoms with van der Waals surface area (Å²) in [4.78, 5) is 41.4. The number of pyridine rings is 1. The van der Waals surface area contributed by atoms with Gasteiger partial charge in [0.2, 0.25) is 11.8 Å². The second-order valence-corrected chi connectivity index (χ2v) is 8.94. The number of ether oxygens (including phenoxy) is 1. The van der Waals surface area contributed by atoms with E-state index in [9.17, 15) is 14.4 Å². The first kappa shape index (κ1) is 20.4. The maximum atomic E-state index is 12.9. The number of hydrogen-bond donors (Lipinski definition) is 3. The first-order chi connectivity index (χ1) is 16.5. The number of hydrogen-bond acceptors (Lipinski definition) is 5. The van der Waals surface area contributed by atoms with E-state index in [2.05, 4.69) is 20.9 Å². The molecule has 0 fully saturated rings. The smallest absolute Gasteiger partial charge is 0.262 e. The summed E-state index contributed by atoms with van der Waals surface area (Å²) in [6, 6.07) is 15.0. The molecule has 1 aromatic heterocycles. The Morgan fingerprint density at radius 1 is 1.03 bits per heavy atom. The van der Waals surface area contributed by atoms with Crippen LogP contribution >= 0.6 is 0 Å². The second kappa shape index (κ2) is 7.69. The molecule has 2 aliphatic heterocycles. The normalized spacial score (nSPS) is 19.6. The number of anilines is 3. The number of fused-ring (bicyclic) bond motifs is 4. The van der Waals surface area contributed by atoms with Gasteiger partial charge in [-0.25, -0.2) is 4.98 Å². The molecule has 0 bridgehead atoms. The van der Waals surface area contributed by atoms with Gasteiger partial charge < -0.3 is 20.7 Å². The standard InChI is InChI=1S/C26H22N4O4/c31-22-9-8-18-20(29-22)4-1-5-21(18)34-14-23(32)28-17-7-6-15-12-26(13-16(15)11-17)19-3-2-10-27-24(19)30-25(26)33/h1-7,10-11H,8-9,12-14H2,(H,28,32)(H,29,31)(H,27,30,33). The van der Waals surface area contributed by atoms with E-state index < -0.39 is 5.41 Å². The first-order valence-electron chi connectivity index (χ1n) is 11.2. The van der Waals surface area contributed by atoms with E-state index in [0.29, 0.717) is 42.9 Å². The van der Waals surface area contributed by atoms with Crippen molar-refractivity contribution in [3.8, 4) is 5.75 Å². The van der Waals surface area contributed by atoms with Gasteiger partial charge in [-0.3, -0.25) is 14.4 Å². The second-order valence-electron chi connectivity index (χ2n) is 8.94. The minimum Gasteiger partial charge on any atom is -0.483 e. The van der Waals surface area contributed by atoms with E-state index in [-0.39, 0.29) is 24.3 Å².